The molecule has 3 nitrogen and oxygen atoms in total. The highest BCUT2D eigenvalue weighted by Crippen LogP contribution is 2.30. The summed E-state index contributed by atoms with van der Waals surface area (Å²) < 4.78 is 63.2. The Balaban J connectivity index is 2.90. The van der Waals surface area contributed by atoms with Gasteiger partial charge in [0, 0.05) is 11.9 Å². The Hall–Kier alpha value is -0.790. The molecule has 8 heteroatoms. The summed E-state index contributed by atoms with van der Waals surface area (Å²) in [6.45, 7) is 1.77. The van der Waals surface area contributed by atoms with Gasteiger partial charge in [-0.1, -0.05) is 6.07 Å². The summed E-state index contributed by atoms with van der Waals surface area (Å²) in [6.07, 6.45) is -4.18. The average Bonchev–Trinajstić information content (AvgIpc) is 2.27. The molecule has 1 unspecified atom stereocenters. The maximum absolute atomic E-state index is 12.5. The van der Waals surface area contributed by atoms with E-state index in [9.17, 15) is 21.6 Å². The molecule has 0 fully saturated rings. The van der Waals surface area contributed by atoms with E-state index in [1.54, 1.807) is 6.92 Å². The molecule has 0 heterocycles. The van der Waals surface area contributed by atoms with Crippen LogP contribution >= 0.6 is 11.6 Å². The van der Waals surface area contributed by atoms with Crippen LogP contribution in [0.3, 0.4) is 0 Å². The summed E-state index contributed by atoms with van der Waals surface area (Å²) in [5, 5.41) is -0.218. The van der Waals surface area contributed by atoms with Crippen molar-refractivity contribution >= 4 is 21.6 Å². The first-order valence-corrected chi connectivity index (χ1v) is 7.36. The summed E-state index contributed by atoms with van der Waals surface area (Å²) >= 11 is 5.65. The van der Waals surface area contributed by atoms with Crippen LogP contribution in [0.1, 0.15) is 18.9 Å². The lowest BCUT2D eigenvalue weighted by atomic mass is 10.2. The van der Waals surface area contributed by atoms with Crippen molar-refractivity contribution in [1.29, 1.82) is 0 Å². The first-order valence-electron chi connectivity index (χ1n) is 5.44. The highest BCUT2D eigenvalue weighted by atomic mass is 35.5. The Morgan fingerprint density at radius 2 is 2.00 bits per heavy atom. The Morgan fingerprint density at radius 3 is 2.53 bits per heavy atom. The smallest absolute Gasteiger partial charge is 0.211 e. The quantitative estimate of drug-likeness (QED) is 0.849. The van der Waals surface area contributed by atoms with Crippen molar-refractivity contribution in [3.05, 3.63) is 29.8 Å². The van der Waals surface area contributed by atoms with Crippen molar-refractivity contribution in [1.82, 2.24) is 4.72 Å². The number of alkyl halides is 4. The molecule has 0 amide bonds. The minimum absolute atomic E-state index is 0.0727. The third-order valence-electron chi connectivity index (χ3n) is 2.31. The molecule has 1 aromatic carbocycles. The molecule has 0 bridgehead atoms. The van der Waals surface area contributed by atoms with E-state index in [4.69, 9.17) is 11.6 Å². The van der Waals surface area contributed by atoms with Crippen molar-refractivity contribution in [2.24, 2.45) is 0 Å². The molecule has 1 aromatic rings. The lowest BCUT2D eigenvalue weighted by Gasteiger charge is -2.10. The fourth-order valence-electron chi connectivity index (χ4n) is 1.32. The molecule has 1 rings (SSSR count). The molecule has 0 saturated carbocycles. The summed E-state index contributed by atoms with van der Waals surface area (Å²) in [5.74, 6) is 0. The highest BCUT2D eigenvalue weighted by Gasteiger charge is 2.31. The number of hydrogen-bond donors (Lipinski definition) is 1. The van der Waals surface area contributed by atoms with Crippen molar-refractivity contribution in [3.63, 3.8) is 0 Å². The molecule has 0 aliphatic rings. The van der Waals surface area contributed by atoms with Gasteiger partial charge in [-0.25, -0.2) is 13.1 Å². The molecular formula is C11H13ClF3NO2S. The van der Waals surface area contributed by atoms with E-state index in [1.807, 2.05) is 0 Å². The number of nitrogens with one attached hydrogen (secondary N) is 1. The maximum atomic E-state index is 12.5. The lowest BCUT2D eigenvalue weighted by molar-refractivity contribution is -0.137. The lowest BCUT2D eigenvalue weighted by Crippen LogP contribution is -2.26. The fraction of sp³-hybridized carbons (Fsp3) is 0.455. The van der Waals surface area contributed by atoms with Crippen LogP contribution in [-0.2, 0) is 16.2 Å². The summed E-state index contributed by atoms with van der Waals surface area (Å²) in [7, 11) is -3.95. The first-order chi connectivity index (χ1) is 8.63. The van der Waals surface area contributed by atoms with Gasteiger partial charge in [0.05, 0.1) is 10.5 Å². The number of rotatable bonds is 5. The van der Waals surface area contributed by atoms with E-state index in [1.165, 1.54) is 0 Å². The molecular weight excluding hydrogens is 303 g/mol. The molecule has 108 valence electrons. The number of halogens is 4. The van der Waals surface area contributed by atoms with Crippen molar-refractivity contribution in [3.8, 4) is 0 Å². The number of sulfonamides is 1. The molecule has 0 saturated heterocycles. The third-order valence-corrected chi connectivity index (χ3v) is 3.98. The molecule has 0 aliphatic carbocycles. The van der Waals surface area contributed by atoms with E-state index < -0.39 is 26.7 Å². The normalized spacial score (nSPS) is 14.4. The first kappa shape index (κ1) is 16.3. The van der Waals surface area contributed by atoms with Crippen LogP contribution in [0.5, 0.6) is 0 Å². The summed E-state index contributed by atoms with van der Waals surface area (Å²) in [6, 6.07) is 3.59. The highest BCUT2D eigenvalue weighted by molar-refractivity contribution is 7.89. The number of benzene rings is 1. The Bertz CT molecular complexity index is 529. The summed E-state index contributed by atoms with van der Waals surface area (Å²) in [4.78, 5) is -0.412. The predicted molar refractivity (Wildman–Crippen MR) is 66.6 cm³/mol. The predicted octanol–water partition coefficient (Wildman–Crippen LogP) is 3.00. The van der Waals surface area contributed by atoms with Gasteiger partial charge in [-0.05, 0) is 31.5 Å². The topological polar surface area (TPSA) is 46.2 Å². The Labute approximate surface area is 114 Å². The van der Waals surface area contributed by atoms with Gasteiger partial charge < -0.3 is 0 Å². The van der Waals surface area contributed by atoms with Crippen LogP contribution in [0, 0.1) is 0 Å². The maximum Gasteiger partial charge on any atom is 0.416 e. The second-order valence-corrected chi connectivity index (χ2v) is 6.50. The van der Waals surface area contributed by atoms with Crippen molar-refractivity contribution in [2.45, 2.75) is 29.8 Å². The van der Waals surface area contributed by atoms with E-state index in [2.05, 4.69) is 4.72 Å². The SMILES string of the molecule is CC(Cl)CCNS(=O)(=O)c1cccc(C(F)(F)F)c1. The van der Waals surface area contributed by atoms with Crippen LogP contribution < -0.4 is 4.72 Å². The molecule has 1 N–H and O–H groups in total. The van der Waals surface area contributed by atoms with Gasteiger partial charge in [0.2, 0.25) is 10.0 Å². The molecule has 0 spiro atoms. The monoisotopic (exact) mass is 315 g/mol. The van der Waals surface area contributed by atoms with Crippen LogP contribution in [0.25, 0.3) is 0 Å². The Morgan fingerprint density at radius 1 is 1.37 bits per heavy atom. The zero-order valence-corrected chi connectivity index (χ0v) is 11.6. The van der Waals surface area contributed by atoms with E-state index in [-0.39, 0.29) is 11.9 Å². The van der Waals surface area contributed by atoms with E-state index in [0.29, 0.717) is 12.5 Å². The average molecular weight is 316 g/mol. The summed E-state index contributed by atoms with van der Waals surface area (Å²) in [5.41, 5.74) is -0.999. The fourth-order valence-corrected chi connectivity index (χ4v) is 2.52. The standard InChI is InChI=1S/C11H13ClF3NO2S/c1-8(12)5-6-16-19(17,18)10-4-2-3-9(7-10)11(13,14)15/h2-4,7-8,16H,5-6H2,1H3. The minimum Gasteiger partial charge on any atom is -0.211 e. The largest absolute Gasteiger partial charge is 0.416 e. The van der Waals surface area contributed by atoms with Crippen LogP contribution in [0.2, 0.25) is 0 Å². The zero-order valence-electron chi connectivity index (χ0n) is 10.0. The van der Waals surface area contributed by atoms with Crippen LogP contribution in [0.15, 0.2) is 29.2 Å². The van der Waals surface area contributed by atoms with Gasteiger partial charge in [-0.15, -0.1) is 11.6 Å². The number of hydrogen-bond acceptors (Lipinski definition) is 2. The third kappa shape index (κ3) is 5.00. The van der Waals surface area contributed by atoms with Gasteiger partial charge in [0.15, 0.2) is 0 Å². The van der Waals surface area contributed by atoms with Crippen molar-refractivity contribution in [2.75, 3.05) is 6.54 Å². The van der Waals surface area contributed by atoms with E-state index in [0.717, 1.165) is 18.2 Å². The van der Waals surface area contributed by atoms with Gasteiger partial charge >= 0.3 is 6.18 Å². The molecule has 19 heavy (non-hydrogen) atoms. The van der Waals surface area contributed by atoms with Gasteiger partial charge in [0.25, 0.3) is 0 Å². The Kier molecular flexibility index (Phi) is 5.23. The molecule has 1 atom stereocenters. The molecule has 0 aromatic heterocycles. The van der Waals surface area contributed by atoms with Gasteiger partial charge in [-0.2, -0.15) is 13.2 Å². The molecule has 0 radical (unpaired) electrons. The molecule has 0 aliphatic heterocycles. The second kappa shape index (κ2) is 6.11. The van der Waals surface area contributed by atoms with Gasteiger partial charge in [0.1, 0.15) is 0 Å². The second-order valence-electron chi connectivity index (χ2n) is 3.99. The van der Waals surface area contributed by atoms with Crippen molar-refractivity contribution < 1.29 is 21.6 Å². The zero-order chi connectivity index (χ0) is 14.7. The minimum atomic E-state index is -4.57. The van der Waals surface area contributed by atoms with Gasteiger partial charge in [-0.3, -0.25) is 0 Å². The van der Waals surface area contributed by atoms with Crippen LogP contribution in [0.4, 0.5) is 13.2 Å². The van der Waals surface area contributed by atoms with Crippen LogP contribution in [-0.4, -0.2) is 20.3 Å². The van der Waals surface area contributed by atoms with E-state index >= 15 is 0 Å².